The second kappa shape index (κ2) is 8.94. The molecule has 5 nitrogen and oxygen atoms in total. The number of carbonyl (C=O) groups excluding carboxylic acids is 1. The Bertz CT molecular complexity index is 231. The van der Waals surface area contributed by atoms with Gasteiger partial charge in [-0.15, -0.1) is 0 Å². The highest BCUT2D eigenvalue weighted by Crippen LogP contribution is 1.82. The van der Waals surface area contributed by atoms with Crippen molar-refractivity contribution in [2.45, 2.75) is 13.3 Å². The summed E-state index contributed by atoms with van der Waals surface area (Å²) in [7, 11) is 3.36. The largest absolute Gasteiger partial charge is 0.357 e. The van der Waals surface area contributed by atoms with Crippen molar-refractivity contribution in [1.29, 1.82) is 0 Å². The van der Waals surface area contributed by atoms with Gasteiger partial charge in [0, 0.05) is 27.2 Å². The number of nitrogens with zero attached hydrogens (tertiary/aromatic N) is 2. The van der Waals surface area contributed by atoms with E-state index in [-0.39, 0.29) is 19.1 Å². The Kier molecular flexibility index (Phi) is 8.19. The van der Waals surface area contributed by atoms with Crippen molar-refractivity contribution < 1.29 is 9.18 Å². The maximum atomic E-state index is 11.9. The average molecular weight is 232 g/mol. The van der Waals surface area contributed by atoms with Crippen LogP contribution in [0.2, 0.25) is 0 Å². The molecule has 0 aromatic carbocycles. The molecule has 0 aromatic rings. The summed E-state index contributed by atoms with van der Waals surface area (Å²) in [6, 6.07) is 0. The first-order valence-electron chi connectivity index (χ1n) is 5.40. The van der Waals surface area contributed by atoms with Crippen molar-refractivity contribution >= 4 is 11.9 Å². The van der Waals surface area contributed by atoms with Crippen LogP contribution < -0.4 is 10.6 Å². The average Bonchev–Trinajstić information content (AvgIpc) is 2.25. The number of halogens is 1. The van der Waals surface area contributed by atoms with Crippen LogP contribution >= 0.6 is 0 Å². The topological polar surface area (TPSA) is 56.7 Å². The van der Waals surface area contributed by atoms with Crippen LogP contribution in [0.3, 0.4) is 0 Å². The number of guanidine groups is 1. The lowest BCUT2D eigenvalue weighted by atomic mass is 10.5. The molecule has 2 N–H and O–H groups in total. The second-order valence-electron chi connectivity index (χ2n) is 3.45. The van der Waals surface area contributed by atoms with E-state index >= 15 is 0 Å². The molecule has 16 heavy (non-hydrogen) atoms. The smallest absolute Gasteiger partial charge is 0.243 e. The number of nitrogens with one attached hydrogen (secondary N) is 2. The Morgan fingerprint density at radius 1 is 1.38 bits per heavy atom. The normalized spacial score (nSPS) is 11.1. The summed E-state index contributed by atoms with van der Waals surface area (Å²) in [6.07, 6.45) is 0.437. The summed E-state index contributed by atoms with van der Waals surface area (Å²) in [5, 5.41) is 5.93. The monoisotopic (exact) mass is 232 g/mol. The minimum absolute atomic E-state index is 0.0669. The van der Waals surface area contributed by atoms with Crippen molar-refractivity contribution in [3.8, 4) is 0 Å². The van der Waals surface area contributed by atoms with Crippen molar-refractivity contribution in [1.82, 2.24) is 15.5 Å². The molecule has 0 saturated carbocycles. The molecule has 94 valence electrons. The number of alkyl halides is 1. The van der Waals surface area contributed by atoms with Crippen molar-refractivity contribution in [3.63, 3.8) is 0 Å². The van der Waals surface area contributed by atoms with Crippen molar-refractivity contribution in [2.24, 2.45) is 4.99 Å². The summed E-state index contributed by atoms with van der Waals surface area (Å²) < 4.78 is 11.9. The second-order valence-corrected chi connectivity index (χ2v) is 3.45. The van der Waals surface area contributed by atoms with Gasteiger partial charge in [0.15, 0.2) is 5.96 Å². The molecule has 6 heteroatoms. The van der Waals surface area contributed by atoms with Crippen molar-refractivity contribution in [2.75, 3.05) is 40.4 Å². The lowest BCUT2D eigenvalue weighted by molar-refractivity contribution is -0.127. The van der Waals surface area contributed by atoms with Crippen LogP contribution in [0.25, 0.3) is 0 Å². The Labute approximate surface area is 96.1 Å². The molecule has 0 aliphatic carbocycles. The highest BCUT2D eigenvalue weighted by molar-refractivity contribution is 5.84. The molecule has 0 aliphatic heterocycles. The molecule has 0 atom stereocenters. The molecule has 0 saturated heterocycles. The van der Waals surface area contributed by atoms with E-state index in [9.17, 15) is 9.18 Å². The molecule has 0 fully saturated rings. The van der Waals surface area contributed by atoms with Crippen LogP contribution in [0, 0.1) is 0 Å². The minimum atomic E-state index is -0.358. The molecule has 0 spiro atoms. The zero-order valence-corrected chi connectivity index (χ0v) is 10.2. The first-order valence-corrected chi connectivity index (χ1v) is 5.40. The third kappa shape index (κ3) is 7.03. The van der Waals surface area contributed by atoms with Gasteiger partial charge >= 0.3 is 0 Å². The van der Waals surface area contributed by atoms with Gasteiger partial charge < -0.3 is 15.5 Å². The maximum absolute atomic E-state index is 11.9. The van der Waals surface area contributed by atoms with E-state index < -0.39 is 0 Å². The highest BCUT2D eigenvalue weighted by Gasteiger charge is 2.03. The number of rotatable bonds is 6. The van der Waals surface area contributed by atoms with Crippen LogP contribution in [0.5, 0.6) is 0 Å². The number of aliphatic imine (C=N–C) groups is 1. The first-order chi connectivity index (χ1) is 7.61. The maximum Gasteiger partial charge on any atom is 0.243 e. The van der Waals surface area contributed by atoms with Gasteiger partial charge in [-0.25, -0.2) is 4.99 Å². The lowest BCUT2D eigenvalue weighted by Gasteiger charge is -2.12. The Balaban J connectivity index is 4.07. The van der Waals surface area contributed by atoms with Crippen LogP contribution in [-0.2, 0) is 4.79 Å². The Morgan fingerprint density at radius 2 is 2.06 bits per heavy atom. The quantitative estimate of drug-likeness (QED) is 0.385. The Hall–Kier alpha value is -1.33. The van der Waals surface area contributed by atoms with Gasteiger partial charge in [-0.05, 0) is 13.3 Å². The number of carbonyl (C=O) groups is 1. The first kappa shape index (κ1) is 14.7. The number of hydrogen-bond donors (Lipinski definition) is 2. The molecule has 0 aromatic heterocycles. The van der Waals surface area contributed by atoms with Gasteiger partial charge in [0.1, 0.15) is 6.54 Å². The predicted molar refractivity (Wildman–Crippen MR) is 63.3 cm³/mol. The van der Waals surface area contributed by atoms with E-state index in [0.29, 0.717) is 25.5 Å². The zero-order chi connectivity index (χ0) is 12.4. The van der Waals surface area contributed by atoms with Gasteiger partial charge in [-0.3, -0.25) is 9.18 Å². The molecular formula is C10H21FN4O. The van der Waals surface area contributed by atoms with E-state index in [1.807, 2.05) is 6.92 Å². The molecule has 1 amide bonds. The number of hydrogen-bond acceptors (Lipinski definition) is 2. The summed E-state index contributed by atoms with van der Waals surface area (Å²) in [6.45, 7) is 2.89. The van der Waals surface area contributed by atoms with Gasteiger partial charge in [-0.2, -0.15) is 0 Å². The van der Waals surface area contributed by atoms with E-state index in [0.717, 1.165) is 0 Å². The van der Waals surface area contributed by atoms with Gasteiger partial charge in [0.2, 0.25) is 5.91 Å². The van der Waals surface area contributed by atoms with Gasteiger partial charge in [0.25, 0.3) is 0 Å². The molecule has 0 unspecified atom stereocenters. The van der Waals surface area contributed by atoms with Crippen LogP contribution in [0.4, 0.5) is 4.39 Å². The van der Waals surface area contributed by atoms with E-state index in [4.69, 9.17) is 0 Å². The summed E-state index contributed by atoms with van der Waals surface area (Å²) >= 11 is 0. The van der Waals surface area contributed by atoms with Crippen LogP contribution in [-0.4, -0.2) is 57.2 Å². The van der Waals surface area contributed by atoms with Crippen LogP contribution in [0.1, 0.15) is 13.3 Å². The van der Waals surface area contributed by atoms with E-state index in [1.54, 1.807) is 14.1 Å². The molecule has 0 radical (unpaired) electrons. The van der Waals surface area contributed by atoms with Crippen LogP contribution in [0.15, 0.2) is 4.99 Å². The van der Waals surface area contributed by atoms with Gasteiger partial charge in [0.05, 0.1) is 6.67 Å². The highest BCUT2D eigenvalue weighted by atomic mass is 19.1. The fraction of sp³-hybridized carbons (Fsp3) is 0.800. The van der Waals surface area contributed by atoms with E-state index in [1.165, 1.54) is 4.90 Å². The number of likely N-dealkylation sites (N-methyl/N-ethyl adjacent to an activating group) is 1. The minimum Gasteiger partial charge on any atom is -0.357 e. The van der Waals surface area contributed by atoms with Crippen molar-refractivity contribution in [3.05, 3.63) is 0 Å². The molecule has 0 bridgehead atoms. The molecular weight excluding hydrogens is 211 g/mol. The third-order valence-electron chi connectivity index (χ3n) is 1.82. The summed E-state index contributed by atoms with van der Waals surface area (Å²) in [5.41, 5.74) is 0. The SMILES string of the molecule is CCNC(=NCC(=O)N(C)C)NCCCF. The number of amides is 1. The fourth-order valence-electron chi connectivity index (χ4n) is 0.903. The Morgan fingerprint density at radius 3 is 2.56 bits per heavy atom. The molecule has 0 rings (SSSR count). The molecule has 0 aliphatic rings. The fourth-order valence-corrected chi connectivity index (χ4v) is 0.903. The molecule has 0 heterocycles. The standard InChI is InChI=1S/C10H21FN4O/c1-4-12-10(13-7-5-6-11)14-8-9(16)15(2)3/h4-8H2,1-3H3,(H2,12,13,14). The third-order valence-corrected chi connectivity index (χ3v) is 1.82. The predicted octanol–water partition coefficient (Wildman–Crippen LogP) is -0.0107. The summed E-state index contributed by atoms with van der Waals surface area (Å²) in [5.74, 6) is 0.480. The zero-order valence-electron chi connectivity index (χ0n) is 10.2. The summed E-state index contributed by atoms with van der Waals surface area (Å²) in [4.78, 5) is 16.9. The van der Waals surface area contributed by atoms with E-state index in [2.05, 4.69) is 15.6 Å². The van der Waals surface area contributed by atoms with Gasteiger partial charge in [-0.1, -0.05) is 0 Å². The lowest BCUT2D eigenvalue weighted by Crippen LogP contribution is -2.39.